The van der Waals surface area contributed by atoms with Crippen LogP contribution in [0.15, 0.2) is 28.7 Å². The molecule has 0 aliphatic heterocycles. The second kappa shape index (κ2) is 6.99. The molecule has 0 spiro atoms. The van der Waals surface area contributed by atoms with Gasteiger partial charge in [-0.1, -0.05) is 34.1 Å². The molecule has 1 N–H and O–H groups in total. The summed E-state index contributed by atoms with van der Waals surface area (Å²) in [6.07, 6.45) is 1.19. The van der Waals surface area contributed by atoms with E-state index in [9.17, 15) is 0 Å². The lowest BCUT2D eigenvalue weighted by Gasteiger charge is -2.17. The fourth-order valence-electron chi connectivity index (χ4n) is 1.52. The van der Waals surface area contributed by atoms with E-state index in [1.54, 1.807) is 0 Å². The first-order valence-electron chi connectivity index (χ1n) is 5.30. The van der Waals surface area contributed by atoms with Crippen LogP contribution in [0.3, 0.4) is 0 Å². The van der Waals surface area contributed by atoms with Crippen LogP contribution >= 0.6 is 15.9 Å². The molecule has 0 aliphatic rings. The third-order valence-corrected chi connectivity index (χ3v) is 3.14. The third kappa shape index (κ3) is 4.78. The average Bonchev–Trinajstić information content (AvgIpc) is 2.22. The van der Waals surface area contributed by atoms with Crippen LogP contribution in [0.25, 0.3) is 0 Å². The molecule has 2 nitrogen and oxygen atoms in total. The van der Waals surface area contributed by atoms with Gasteiger partial charge in [0.05, 0.1) is 0 Å². The minimum atomic E-state index is 1.01. The highest BCUT2D eigenvalue weighted by Crippen LogP contribution is 2.17. The quantitative estimate of drug-likeness (QED) is 0.800. The van der Waals surface area contributed by atoms with Crippen molar-refractivity contribution in [2.24, 2.45) is 0 Å². The molecule has 15 heavy (non-hydrogen) atoms. The Balaban J connectivity index is 2.37. The maximum atomic E-state index is 3.57. The summed E-state index contributed by atoms with van der Waals surface area (Å²) >= 11 is 3.57. The number of hydrogen-bond acceptors (Lipinski definition) is 2. The minimum absolute atomic E-state index is 1.01. The van der Waals surface area contributed by atoms with Gasteiger partial charge in [-0.3, -0.25) is 0 Å². The van der Waals surface area contributed by atoms with Gasteiger partial charge in [0.15, 0.2) is 0 Å². The van der Waals surface area contributed by atoms with Crippen LogP contribution in [0.1, 0.15) is 12.0 Å². The zero-order valence-corrected chi connectivity index (χ0v) is 11.0. The lowest BCUT2D eigenvalue weighted by atomic mass is 10.2. The summed E-state index contributed by atoms with van der Waals surface area (Å²) in [5.41, 5.74) is 1.35. The normalized spacial score (nSPS) is 10.9. The highest BCUT2D eigenvalue weighted by molar-refractivity contribution is 9.10. The molecule has 0 heterocycles. The Labute approximate surface area is 101 Å². The Bertz CT molecular complexity index is 289. The van der Waals surface area contributed by atoms with Crippen molar-refractivity contribution in [3.8, 4) is 0 Å². The Kier molecular flexibility index (Phi) is 5.91. The molecule has 0 amide bonds. The van der Waals surface area contributed by atoms with Gasteiger partial charge in [-0.15, -0.1) is 0 Å². The summed E-state index contributed by atoms with van der Waals surface area (Å²) in [4.78, 5) is 2.34. The van der Waals surface area contributed by atoms with Crippen LogP contribution < -0.4 is 5.32 Å². The van der Waals surface area contributed by atoms with E-state index in [4.69, 9.17) is 0 Å². The second-order valence-corrected chi connectivity index (χ2v) is 4.64. The van der Waals surface area contributed by atoms with Crippen molar-refractivity contribution in [3.63, 3.8) is 0 Å². The molecule has 0 unspecified atom stereocenters. The average molecular weight is 271 g/mol. The Morgan fingerprint density at radius 3 is 2.73 bits per heavy atom. The lowest BCUT2D eigenvalue weighted by Crippen LogP contribution is -2.22. The van der Waals surface area contributed by atoms with E-state index < -0.39 is 0 Å². The van der Waals surface area contributed by atoms with Crippen molar-refractivity contribution in [2.45, 2.75) is 13.0 Å². The molecule has 0 saturated heterocycles. The van der Waals surface area contributed by atoms with Crippen LogP contribution in [0.2, 0.25) is 0 Å². The van der Waals surface area contributed by atoms with Crippen molar-refractivity contribution in [2.75, 3.05) is 27.2 Å². The molecule has 1 aromatic carbocycles. The van der Waals surface area contributed by atoms with E-state index in [-0.39, 0.29) is 0 Å². The molecule has 84 valence electrons. The number of halogens is 1. The highest BCUT2D eigenvalue weighted by atomic mass is 79.9. The molecule has 1 rings (SSSR count). The predicted octanol–water partition coefficient (Wildman–Crippen LogP) is 2.49. The standard InChI is InChI=1S/C12H19BrN2/c1-14-8-5-9-15(2)10-11-6-3-4-7-12(11)13/h3-4,6-7,14H,5,8-10H2,1-2H3. The van der Waals surface area contributed by atoms with Crippen LogP contribution in [-0.4, -0.2) is 32.1 Å². The first kappa shape index (κ1) is 12.7. The number of rotatable bonds is 6. The number of benzene rings is 1. The van der Waals surface area contributed by atoms with E-state index in [1.165, 1.54) is 16.5 Å². The number of nitrogens with one attached hydrogen (secondary N) is 1. The number of nitrogens with zero attached hydrogens (tertiary/aromatic N) is 1. The number of hydrogen-bond donors (Lipinski definition) is 1. The molecule has 0 saturated carbocycles. The van der Waals surface area contributed by atoms with Gasteiger partial charge in [0.2, 0.25) is 0 Å². The van der Waals surface area contributed by atoms with Gasteiger partial charge >= 0.3 is 0 Å². The SMILES string of the molecule is CNCCCN(C)Cc1ccccc1Br. The van der Waals surface area contributed by atoms with Crippen molar-refractivity contribution in [1.82, 2.24) is 10.2 Å². The molecule has 0 aliphatic carbocycles. The molecule has 3 heteroatoms. The van der Waals surface area contributed by atoms with E-state index >= 15 is 0 Å². The van der Waals surface area contributed by atoms with Gasteiger partial charge in [0.25, 0.3) is 0 Å². The van der Waals surface area contributed by atoms with Crippen LogP contribution in [0.4, 0.5) is 0 Å². The van der Waals surface area contributed by atoms with Gasteiger partial charge in [-0.25, -0.2) is 0 Å². The molecule has 0 atom stereocenters. The Morgan fingerprint density at radius 1 is 1.33 bits per heavy atom. The fourth-order valence-corrected chi connectivity index (χ4v) is 1.93. The maximum absolute atomic E-state index is 3.57. The topological polar surface area (TPSA) is 15.3 Å². The summed E-state index contributed by atoms with van der Waals surface area (Å²) in [6, 6.07) is 8.39. The van der Waals surface area contributed by atoms with E-state index in [0.29, 0.717) is 0 Å². The molecule has 0 bridgehead atoms. The second-order valence-electron chi connectivity index (χ2n) is 3.79. The van der Waals surface area contributed by atoms with Crippen molar-refractivity contribution in [3.05, 3.63) is 34.3 Å². The largest absolute Gasteiger partial charge is 0.320 e. The van der Waals surface area contributed by atoms with E-state index in [1.807, 2.05) is 7.05 Å². The molecular weight excluding hydrogens is 252 g/mol. The third-order valence-electron chi connectivity index (χ3n) is 2.36. The van der Waals surface area contributed by atoms with Gasteiger partial charge < -0.3 is 10.2 Å². The van der Waals surface area contributed by atoms with E-state index in [2.05, 4.69) is 57.5 Å². The van der Waals surface area contributed by atoms with Crippen molar-refractivity contribution < 1.29 is 0 Å². The van der Waals surface area contributed by atoms with Crippen LogP contribution in [-0.2, 0) is 6.54 Å². The summed E-state index contributed by atoms with van der Waals surface area (Å²) in [5.74, 6) is 0. The Hall–Kier alpha value is -0.380. The Morgan fingerprint density at radius 2 is 2.07 bits per heavy atom. The van der Waals surface area contributed by atoms with Gasteiger partial charge in [0, 0.05) is 11.0 Å². The molecule has 0 radical (unpaired) electrons. The van der Waals surface area contributed by atoms with Crippen LogP contribution in [0, 0.1) is 0 Å². The predicted molar refractivity (Wildman–Crippen MR) is 69.0 cm³/mol. The zero-order chi connectivity index (χ0) is 11.1. The summed E-state index contributed by atoms with van der Waals surface area (Å²) < 4.78 is 1.20. The summed E-state index contributed by atoms with van der Waals surface area (Å²) in [5, 5.41) is 3.16. The molecule has 0 aromatic heterocycles. The molecular formula is C12H19BrN2. The first-order valence-corrected chi connectivity index (χ1v) is 6.10. The minimum Gasteiger partial charge on any atom is -0.320 e. The van der Waals surface area contributed by atoms with Crippen molar-refractivity contribution in [1.29, 1.82) is 0 Å². The first-order chi connectivity index (χ1) is 7.24. The molecule has 1 aromatic rings. The summed E-state index contributed by atoms with van der Waals surface area (Å²) in [6.45, 7) is 3.22. The fraction of sp³-hybridized carbons (Fsp3) is 0.500. The molecule has 0 fully saturated rings. The van der Waals surface area contributed by atoms with Gasteiger partial charge in [-0.05, 0) is 45.2 Å². The van der Waals surface area contributed by atoms with E-state index in [0.717, 1.165) is 19.6 Å². The van der Waals surface area contributed by atoms with Gasteiger partial charge in [-0.2, -0.15) is 0 Å². The summed E-state index contributed by atoms with van der Waals surface area (Å²) in [7, 11) is 4.16. The van der Waals surface area contributed by atoms with Gasteiger partial charge in [0.1, 0.15) is 0 Å². The smallest absolute Gasteiger partial charge is 0.0241 e. The maximum Gasteiger partial charge on any atom is 0.0241 e. The monoisotopic (exact) mass is 270 g/mol. The zero-order valence-electron chi connectivity index (χ0n) is 9.46. The van der Waals surface area contributed by atoms with Crippen molar-refractivity contribution >= 4 is 15.9 Å². The highest BCUT2D eigenvalue weighted by Gasteiger charge is 2.02. The van der Waals surface area contributed by atoms with Crippen LogP contribution in [0.5, 0.6) is 0 Å². The lowest BCUT2D eigenvalue weighted by molar-refractivity contribution is 0.320.